The molecule has 0 radical (unpaired) electrons. The molecule has 0 fully saturated rings. The van der Waals surface area contributed by atoms with Gasteiger partial charge in [-0.1, -0.05) is 6.92 Å². The second kappa shape index (κ2) is 3.99. The number of rotatable bonds is 3. The Balaban J connectivity index is 3.56. The van der Waals surface area contributed by atoms with Crippen LogP contribution in [0.4, 0.5) is 0 Å². The van der Waals surface area contributed by atoms with Crippen LogP contribution in [0.5, 0.6) is 5.88 Å². The van der Waals surface area contributed by atoms with Gasteiger partial charge in [-0.3, -0.25) is 19.8 Å². The van der Waals surface area contributed by atoms with Gasteiger partial charge in [-0.2, -0.15) is 0 Å². The van der Waals surface area contributed by atoms with E-state index in [0.717, 1.165) is 4.57 Å². The number of aromatic amines is 1. The van der Waals surface area contributed by atoms with Gasteiger partial charge in [0.1, 0.15) is 11.4 Å². The lowest BCUT2D eigenvalue weighted by Gasteiger charge is -2.08. The molecule has 1 rings (SSSR count). The molecule has 7 heteroatoms. The van der Waals surface area contributed by atoms with Gasteiger partial charge in [-0.15, -0.1) is 0 Å². The third-order valence-electron chi connectivity index (χ3n) is 1.89. The lowest BCUT2D eigenvalue weighted by atomic mass is 10.3. The van der Waals surface area contributed by atoms with Crippen LogP contribution < -0.4 is 17.0 Å². The maximum atomic E-state index is 11.3. The summed E-state index contributed by atoms with van der Waals surface area (Å²) in [6.45, 7) is 2.06. The highest BCUT2D eigenvalue weighted by atomic mass is 16.3. The molecule has 0 saturated carbocycles. The molecule has 0 aliphatic rings. The number of aromatic nitrogens is 2. The highest BCUT2D eigenvalue weighted by Crippen LogP contribution is 2.08. The van der Waals surface area contributed by atoms with Gasteiger partial charge in [-0.25, -0.2) is 4.79 Å². The van der Waals surface area contributed by atoms with Crippen molar-refractivity contribution >= 4 is 5.84 Å². The summed E-state index contributed by atoms with van der Waals surface area (Å²) in [6, 6.07) is 0. The van der Waals surface area contributed by atoms with E-state index in [1.54, 1.807) is 0 Å². The Morgan fingerprint density at radius 3 is 2.67 bits per heavy atom. The predicted molar refractivity (Wildman–Crippen MR) is 54.3 cm³/mol. The zero-order valence-corrected chi connectivity index (χ0v) is 8.20. The fourth-order valence-electron chi connectivity index (χ4n) is 1.23. The molecule has 5 N–H and O–H groups in total. The summed E-state index contributed by atoms with van der Waals surface area (Å²) >= 11 is 0. The largest absolute Gasteiger partial charge is 0.494 e. The highest BCUT2D eigenvalue weighted by molar-refractivity contribution is 5.96. The fraction of sp³-hybridized carbons (Fsp3) is 0.375. The minimum absolute atomic E-state index is 0.252. The van der Waals surface area contributed by atoms with Crippen molar-refractivity contribution in [3.8, 4) is 5.88 Å². The Hall–Kier alpha value is -2.05. The van der Waals surface area contributed by atoms with E-state index >= 15 is 0 Å². The zero-order valence-electron chi connectivity index (χ0n) is 8.20. The first-order valence-corrected chi connectivity index (χ1v) is 4.39. The van der Waals surface area contributed by atoms with Gasteiger partial charge < -0.3 is 10.8 Å². The van der Waals surface area contributed by atoms with E-state index in [0.29, 0.717) is 6.42 Å². The van der Waals surface area contributed by atoms with Crippen molar-refractivity contribution in [1.82, 2.24) is 9.55 Å². The lowest BCUT2D eigenvalue weighted by Crippen LogP contribution is -2.35. The van der Waals surface area contributed by atoms with Crippen molar-refractivity contribution in [2.24, 2.45) is 5.73 Å². The summed E-state index contributed by atoms with van der Waals surface area (Å²) in [4.78, 5) is 24.5. The lowest BCUT2D eigenvalue weighted by molar-refractivity contribution is 0.397. The molecule has 0 aromatic carbocycles. The number of nitrogens with two attached hydrogens (primary N) is 1. The zero-order chi connectivity index (χ0) is 11.6. The number of amidine groups is 1. The van der Waals surface area contributed by atoms with Crippen LogP contribution >= 0.6 is 0 Å². The normalized spacial score (nSPS) is 10.2. The number of aromatic hydroxyl groups is 1. The summed E-state index contributed by atoms with van der Waals surface area (Å²) < 4.78 is 0.970. The van der Waals surface area contributed by atoms with Crippen molar-refractivity contribution in [3.05, 3.63) is 26.4 Å². The smallest absolute Gasteiger partial charge is 0.331 e. The molecule has 0 unspecified atom stereocenters. The quantitative estimate of drug-likeness (QED) is 0.376. The number of nitrogens with one attached hydrogen (secondary N) is 2. The molecular formula is C8H12N4O3. The first-order valence-electron chi connectivity index (χ1n) is 4.39. The van der Waals surface area contributed by atoms with Gasteiger partial charge >= 0.3 is 5.69 Å². The van der Waals surface area contributed by atoms with Crippen LogP contribution in [0, 0.1) is 5.41 Å². The molecule has 0 aliphatic carbocycles. The summed E-state index contributed by atoms with van der Waals surface area (Å²) in [5.41, 5.74) is 3.19. The van der Waals surface area contributed by atoms with E-state index in [9.17, 15) is 14.7 Å². The molecule has 0 aliphatic heterocycles. The van der Waals surface area contributed by atoms with Gasteiger partial charge in [0.2, 0.25) is 5.88 Å². The van der Waals surface area contributed by atoms with E-state index in [1.165, 1.54) is 0 Å². The molecule has 0 spiro atoms. The average molecular weight is 212 g/mol. The highest BCUT2D eigenvalue weighted by Gasteiger charge is 2.15. The van der Waals surface area contributed by atoms with Gasteiger partial charge in [0.05, 0.1) is 0 Å². The number of hydrogen-bond acceptors (Lipinski definition) is 4. The average Bonchev–Trinajstić information content (AvgIpc) is 2.11. The third-order valence-corrected chi connectivity index (χ3v) is 1.89. The van der Waals surface area contributed by atoms with Crippen molar-refractivity contribution < 1.29 is 5.11 Å². The van der Waals surface area contributed by atoms with Gasteiger partial charge in [0.25, 0.3) is 5.56 Å². The second-order valence-electron chi connectivity index (χ2n) is 3.02. The SMILES string of the molecule is CCCn1c(O)c(C(=N)N)c(=O)[nH]c1=O. The Bertz CT molecular complexity index is 500. The molecule has 0 atom stereocenters. The Morgan fingerprint density at radius 1 is 1.60 bits per heavy atom. The van der Waals surface area contributed by atoms with Crippen LogP contribution in [-0.4, -0.2) is 20.5 Å². The molecule has 0 saturated heterocycles. The first kappa shape index (κ1) is 11.0. The Labute approximate surface area is 84.7 Å². The minimum Gasteiger partial charge on any atom is -0.494 e. The number of nitrogens with zero attached hydrogens (tertiary/aromatic N) is 1. The summed E-state index contributed by atoms with van der Waals surface area (Å²) in [7, 11) is 0. The van der Waals surface area contributed by atoms with E-state index in [1.807, 2.05) is 11.9 Å². The molecular weight excluding hydrogens is 200 g/mol. The van der Waals surface area contributed by atoms with Gasteiger partial charge in [0, 0.05) is 6.54 Å². The Morgan fingerprint density at radius 2 is 2.20 bits per heavy atom. The van der Waals surface area contributed by atoms with E-state index in [4.69, 9.17) is 11.1 Å². The Kier molecular flexibility index (Phi) is 2.93. The second-order valence-corrected chi connectivity index (χ2v) is 3.02. The summed E-state index contributed by atoms with van der Waals surface area (Å²) in [6.07, 6.45) is 0.608. The molecule has 1 heterocycles. The number of H-pyrrole nitrogens is 1. The fourth-order valence-corrected chi connectivity index (χ4v) is 1.23. The van der Waals surface area contributed by atoms with Crippen LogP contribution in [0.25, 0.3) is 0 Å². The van der Waals surface area contributed by atoms with Crippen LogP contribution in [0.2, 0.25) is 0 Å². The molecule has 7 nitrogen and oxygen atoms in total. The van der Waals surface area contributed by atoms with Crippen LogP contribution in [0.1, 0.15) is 18.9 Å². The van der Waals surface area contributed by atoms with Crippen LogP contribution in [0.15, 0.2) is 9.59 Å². The minimum atomic E-state index is -0.850. The molecule has 1 aromatic heterocycles. The van der Waals surface area contributed by atoms with Crippen molar-refractivity contribution in [3.63, 3.8) is 0 Å². The van der Waals surface area contributed by atoms with Crippen LogP contribution in [-0.2, 0) is 6.54 Å². The number of hydrogen-bond donors (Lipinski definition) is 4. The topological polar surface area (TPSA) is 125 Å². The maximum Gasteiger partial charge on any atom is 0.331 e. The summed E-state index contributed by atoms with van der Waals surface area (Å²) in [5, 5.41) is 16.7. The maximum absolute atomic E-state index is 11.3. The molecule has 15 heavy (non-hydrogen) atoms. The first-order chi connectivity index (χ1) is 6.99. The van der Waals surface area contributed by atoms with E-state index in [2.05, 4.69) is 0 Å². The van der Waals surface area contributed by atoms with Crippen molar-refractivity contribution in [2.75, 3.05) is 0 Å². The molecule has 82 valence electrons. The monoisotopic (exact) mass is 212 g/mol. The number of nitrogen functional groups attached to an aromatic ring is 1. The van der Waals surface area contributed by atoms with Crippen molar-refractivity contribution in [1.29, 1.82) is 5.41 Å². The van der Waals surface area contributed by atoms with Crippen molar-refractivity contribution in [2.45, 2.75) is 19.9 Å². The molecule has 0 amide bonds. The van der Waals surface area contributed by atoms with Crippen LogP contribution in [0.3, 0.4) is 0 Å². The molecule has 1 aromatic rings. The van der Waals surface area contributed by atoms with E-state index < -0.39 is 23.0 Å². The van der Waals surface area contributed by atoms with Gasteiger partial charge in [-0.05, 0) is 6.42 Å². The van der Waals surface area contributed by atoms with E-state index in [-0.39, 0.29) is 12.1 Å². The molecule has 0 bridgehead atoms. The summed E-state index contributed by atoms with van der Waals surface area (Å²) in [5.74, 6) is -1.13. The predicted octanol–water partition coefficient (Wildman–Crippen LogP) is -1.06. The third kappa shape index (κ3) is 1.90. The van der Waals surface area contributed by atoms with Gasteiger partial charge in [0.15, 0.2) is 0 Å². The standard InChI is InChI=1S/C8H12N4O3/c1-2-3-12-7(14)4(5(9)10)6(13)11-8(12)15/h14H,2-3H2,1H3,(H3,9,10)(H,11,13,15).